The van der Waals surface area contributed by atoms with Gasteiger partial charge in [0.2, 0.25) is 0 Å². The van der Waals surface area contributed by atoms with E-state index in [1.807, 2.05) is 24.3 Å². The van der Waals surface area contributed by atoms with Gasteiger partial charge in [-0.2, -0.15) is 0 Å². The van der Waals surface area contributed by atoms with E-state index >= 15 is 0 Å². The highest BCUT2D eigenvalue weighted by Crippen LogP contribution is 2.39. The number of hydrogen-bond acceptors (Lipinski definition) is 5. The molecule has 0 radical (unpaired) electrons. The fourth-order valence-electron chi connectivity index (χ4n) is 4.04. The van der Waals surface area contributed by atoms with E-state index in [1.165, 1.54) is 0 Å². The Morgan fingerprint density at radius 1 is 1.35 bits per heavy atom. The molecule has 2 N–H and O–H groups in total. The Hall–Kier alpha value is -2.54. The highest BCUT2D eigenvalue weighted by Gasteiger charge is 2.44. The molecular weight excluding hydrogens is 332 g/mol. The fourth-order valence-corrected chi connectivity index (χ4v) is 4.04. The Kier molecular flexibility index (Phi) is 3.16. The summed E-state index contributed by atoms with van der Waals surface area (Å²) in [6, 6.07) is 11.7. The van der Waals surface area contributed by atoms with Gasteiger partial charge in [-0.1, -0.05) is 25.1 Å². The Morgan fingerprint density at radius 2 is 2.15 bits per heavy atom. The van der Waals surface area contributed by atoms with Crippen LogP contribution in [-0.2, 0) is 23.5 Å². The first kappa shape index (κ1) is 15.7. The predicted molar refractivity (Wildman–Crippen MR) is 95.5 cm³/mol. The number of ether oxygens (including phenoxy) is 1. The molecule has 0 saturated heterocycles. The first-order valence-corrected chi connectivity index (χ1v) is 8.71. The summed E-state index contributed by atoms with van der Waals surface area (Å²) in [7, 11) is 0. The van der Waals surface area contributed by atoms with Gasteiger partial charge in [-0.3, -0.25) is 4.79 Å². The molecule has 3 aromatic rings. The van der Waals surface area contributed by atoms with E-state index < -0.39 is 11.9 Å². The highest BCUT2D eigenvalue weighted by molar-refractivity contribution is 5.84. The maximum atomic E-state index is 13.0. The van der Waals surface area contributed by atoms with Gasteiger partial charge in [0.25, 0.3) is 5.56 Å². The molecule has 5 rings (SSSR count). The number of nitrogens with zero attached hydrogens (tertiary/aromatic N) is 2. The highest BCUT2D eigenvalue weighted by atomic mass is 16.6. The lowest BCUT2D eigenvalue weighted by Crippen LogP contribution is -2.47. The average molecular weight is 350 g/mol. The van der Waals surface area contributed by atoms with Gasteiger partial charge in [0.05, 0.1) is 30.1 Å². The number of aromatic nitrogens is 2. The molecule has 2 atom stereocenters. The smallest absolute Gasteiger partial charge is 0.257 e. The molecule has 4 heterocycles. The van der Waals surface area contributed by atoms with Gasteiger partial charge in [-0.15, -0.1) is 0 Å². The topological polar surface area (TPSA) is 84.6 Å². The molecule has 1 aromatic carbocycles. The normalized spacial score (nSPS) is 23.6. The van der Waals surface area contributed by atoms with Crippen molar-refractivity contribution in [1.82, 2.24) is 9.55 Å². The summed E-state index contributed by atoms with van der Waals surface area (Å²) >= 11 is 0. The zero-order chi connectivity index (χ0) is 18.1. The second-order valence-electron chi connectivity index (χ2n) is 6.94. The van der Waals surface area contributed by atoms with E-state index in [9.17, 15) is 15.0 Å². The maximum Gasteiger partial charge on any atom is 0.257 e. The Labute approximate surface area is 149 Å². The van der Waals surface area contributed by atoms with E-state index in [0.29, 0.717) is 23.4 Å². The van der Waals surface area contributed by atoms with Crippen molar-refractivity contribution in [2.24, 2.45) is 0 Å². The molecule has 0 aliphatic carbocycles. The van der Waals surface area contributed by atoms with Crippen LogP contribution in [-0.4, -0.2) is 26.1 Å². The predicted octanol–water partition coefficient (Wildman–Crippen LogP) is 1.87. The summed E-state index contributed by atoms with van der Waals surface area (Å²) < 4.78 is 6.94. The number of pyridine rings is 2. The van der Waals surface area contributed by atoms with Gasteiger partial charge in [-0.25, -0.2) is 4.98 Å². The molecule has 0 saturated carbocycles. The van der Waals surface area contributed by atoms with Crippen LogP contribution in [0.3, 0.4) is 0 Å². The van der Waals surface area contributed by atoms with Crippen LogP contribution in [0.5, 0.6) is 0 Å². The van der Waals surface area contributed by atoms with Gasteiger partial charge in [0.15, 0.2) is 6.29 Å². The molecule has 0 spiro atoms. The SMILES string of the molecule is CCC1(O)c2cc3n(c(=O)c2COC1O)Cc1cc2ccccc2nc1-3. The number of hydrogen-bond donors (Lipinski definition) is 2. The molecule has 0 fully saturated rings. The van der Waals surface area contributed by atoms with Gasteiger partial charge >= 0.3 is 0 Å². The van der Waals surface area contributed by atoms with Crippen molar-refractivity contribution in [2.45, 2.75) is 38.4 Å². The van der Waals surface area contributed by atoms with Gasteiger partial charge in [0.1, 0.15) is 5.60 Å². The van der Waals surface area contributed by atoms with Crippen LogP contribution >= 0.6 is 0 Å². The second kappa shape index (κ2) is 5.23. The number of para-hydroxylation sites is 1. The summed E-state index contributed by atoms with van der Waals surface area (Å²) in [4.78, 5) is 17.8. The van der Waals surface area contributed by atoms with Crippen LogP contribution in [0.2, 0.25) is 0 Å². The standard InChI is InChI=1S/C20H18N2O4/c1-2-20(25)14-8-16-17-12(7-11-5-3-4-6-15(11)21-17)9-22(16)18(23)13(14)10-26-19(20)24/h3-8,19,24-25H,2,9-10H2,1H3. The average Bonchev–Trinajstić information content (AvgIpc) is 3.01. The van der Waals surface area contributed by atoms with Crippen LogP contribution in [0, 0.1) is 0 Å². The molecular formula is C20H18N2O4. The maximum absolute atomic E-state index is 13.0. The quantitative estimate of drug-likeness (QED) is 0.547. The van der Waals surface area contributed by atoms with Crippen LogP contribution < -0.4 is 5.56 Å². The van der Waals surface area contributed by atoms with Crippen molar-refractivity contribution in [3.05, 3.63) is 63.4 Å². The van der Waals surface area contributed by atoms with Crippen LogP contribution in [0.1, 0.15) is 30.0 Å². The molecule has 132 valence electrons. The zero-order valence-corrected chi connectivity index (χ0v) is 14.3. The van der Waals surface area contributed by atoms with Crippen molar-refractivity contribution >= 4 is 10.9 Å². The van der Waals surface area contributed by atoms with Crippen molar-refractivity contribution in [3.63, 3.8) is 0 Å². The summed E-state index contributed by atoms with van der Waals surface area (Å²) in [5, 5.41) is 22.1. The Morgan fingerprint density at radius 3 is 2.96 bits per heavy atom. The molecule has 2 aliphatic rings. The van der Waals surface area contributed by atoms with Crippen molar-refractivity contribution in [3.8, 4) is 11.4 Å². The van der Waals surface area contributed by atoms with Crippen molar-refractivity contribution in [1.29, 1.82) is 0 Å². The Balaban J connectivity index is 1.80. The number of aliphatic hydroxyl groups excluding tert-OH is 1. The van der Waals surface area contributed by atoms with Crippen LogP contribution in [0.4, 0.5) is 0 Å². The minimum absolute atomic E-state index is 0.0102. The lowest BCUT2D eigenvalue weighted by Gasteiger charge is -2.37. The molecule has 6 nitrogen and oxygen atoms in total. The molecule has 6 heteroatoms. The van der Waals surface area contributed by atoms with Crippen LogP contribution in [0.25, 0.3) is 22.3 Å². The molecule has 26 heavy (non-hydrogen) atoms. The molecule has 2 aliphatic heterocycles. The van der Waals surface area contributed by atoms with E-state index in [1.54, 1.807) is 17.6 Å². The van der Waals surface area contributed by atoms with Gasteiger partial charge < -0.3 is 19.5 Å². The fraction of sp³-hybridized carbons (Fsp3) is 0.300. The summed E-state index contributed by atoms with van der Waals surface area (Å²) in [6.45, 7) is 2.19. The monoisotopic (exact) mass is 350 g/mol. The molecule has 0 amide bonds. The number of rotatable bonds is 1. The van der Waals surface area contributed by atoms with Crippen molar-refractivity contribution < 1.29 is 14.9 Å². The van der Waals surface area contributed by atoms with E-state index in [0.717, 1.165) is 22.2 Å². The third-order valence-corrected chi connectivity index (χ3v) is 5.57. The second-order valence-corrected chi connectivity index (χ2v) is 6.94. The molecule has 2 aromatic heterocycles. The third-order valence-electron chi connectivity index (χ3n) is 5.57. The summed E-state index contributed by atoms with van der Waals surface area (Å²) in [6.07, 6.45) is -1.12. The first-order chi connectivity index (χ1) is 12.5. The summed E-state index contributed by atoms with van der Waals surface area (Å²) in [5.74, 6) is 0. The third kappa shape index (κ3) is 1.92. The van der Waals surface area contributed by atoms with Crippen molar-refractivity contribution in [2.75, 3.05) is 0 Å². The van der Waals surface area contributed by atoms with Crippen LogP contribution in [0.15, 0.2) is 41.2 Å². The Bertz CT molecular complexity index is 1120. The minimum atomic E-state index is -1.60. The number of fused-ring (bicyclic) bond motifs is 5. The zero-order valence-electron chi connectivity index (χ0n) is 14.3. The van der Waals surface area contributed by atoms with E-state index in [2.05, 4.69) is 6.07 Å². The lowest BCUT2D eigenvalue weighted by molar-refractivity contribution is -0.236. The van der Waals surface area contributed by atoms with E-state index in [4.69, 9.17) is 9.72 Å². The summed E-state index contributed by atoms with van der Waals surface area (Å²) in [5.41, 5.74) is 2.32. The van der Waals surface area contributed by atoms with Gasteiger partial charge in [-0.05, 0) is 24.6 Å². The largest absolute Gasteiger partial charge is 0.380 e. The number of benzene rings is 1. The molecule has 0 bridgehead atoms. The molecule has 2 unspecified atom stereocenters. The number of aliphatic hydroxyl groups is 2. The van der Waals surface area contributed by atoms with E-state index in [-0.39, 0.29) is 18.6 Å². The minimum Gasteiger partial charge on any atom is -0.380 e. The first-order valence-electron chi connectivity index (χ1n) is 8.71. The van der Waals surface area contributed by atoms with Gasteiger partial charge in [0, 0.05) is 22.1 Å². The lowest BCUT2D eigenvalue weighted by atomic mass is 9.85.